The molecule has 9 heteroatoms. The van der Waals surface area contributed by atoms with Gasteiger partial charge in [-0.25, -0.2) is 9.59 Å². The van der Waals surface area contributed by atoms with Crippen molar-refractivity contribution in [3.8, 4) is 0 Å². The van der Waals surface area contributed by atoms with Crippen molar-refractivity contribution in [2.24, 2.45) is 11.5 Å². The number of carbonyl (C=O) groups is 2. The Balaban J connectivity index is 0.00000312. The molecule has 25 heavy (non-hydrogen) atoms. The lowest BCUT2D eigenvalue weighted by Gasteiger charge is -2.12. The second-order valence-corrected chi connectivity index (χ2v) is 5.49. The van der Waals surface area contributed by atoms with Crippen LogP contribution in [0.4, 0.5) is 10.5 Å². The zero-order valence-electron chi connectivity index (χ0n) is 13.7. The van der Waals surface area contributed by atoms with E-state index in [1.54, 1.807) is 18.2 Å². The predicted molar refractivity (Wildman–Crippen MR) is 101 cm³/mol. The molecule has 1 atom stereocenters. The third kappa shape index (κ3) is 5.87. The molecule has 2 aromatic rings. The summed E-state index contributed by atoms with van der Waals surface area (Å²) in [5.41, 5.74) is 12.0. The highest BCUT2D eigenvalue weighted by atomic mass is 79.9. The Hall–Kier alpha value is -2.39. The number of halogens is 1. The number of nitrogens with two attached hydrogens (primary N) is 2. The number of urea groups is 1. The number of primary amides is 1. The lowest BCUT2D eigenvalue weighted by Crippen LogP contribution is -2.37. The van der Waals surface area contributed by atoms with Crippen molar-refractivity contribution in [3.05, 3.63) is 40.2 Å². The van der Waals surface area contributed by atoms with Gasteiger partial charge in [-0.05, 0) is 37.5 Å². The van der Waals surface area contributed by atoms with E-state index in [4.69, 9.17) is 15.9 Å². The second-order valence-electron chi connectivity index (χ2n) is 5.49. The van der Waals surface area contributed by atoms with E-state index in [2.05, 4.69) is 10.6 Å². The molecule has 0 bridgehead atoms. The lowest BCUT2D eigenvalue weighted by atomic mass is 10.1. The van der Waals surface area contributed by atoms with Gasteiger partial charge in [0.25, 0.3) is 0 Å². The van der Waals surface area contributed by atoms with Crippen molar-refractivity contribution in [3.63, 3.8) is 0 Å². The van der Waals surface area contributed by atoms with E-state index in [1.807, 2.05) is 6.92 Å². The van der Waals surface area contributed by atoms with Gasteiger partial charge in [-0.3, -0.25) is 4.79 Å². The summed E-state index contributed by atoms with van der Waals surface area (Å²) in [7, 11) is 0. The van der Waals surface area contributed by atoms with Crippen LogP contribution in [-0.4, -0.2) is 24.5 Å². The van der Waals surface area contributed by atoms with Gasteiger partial charge in [0.1, 0.15) is 5.58 Å². The maximum absolute atomic E-state index is 12.1. The van der Waals surface area contributed by atoms with E-state index in [0.717, 1.165) is 10.9 Å². The number of hydrogen-bond acceptors (Lipinski definition) is 5. The largest absolute Gasteiger partial charge is 0.423 e. The zero-order chi connectivity index (χ0) is 17.7. The van der Waals surface area contributed by atoms with Gasteiger partial charge in [0.2, 0.25) is 5.91 Å². The highest BCUT2D eigenvalue weighted by Gasteiger charge is 2.14. The van der Waals surface area contributed by atoms with Crippen LogP contribution in [-0.2, 0) is 4.79 Å². The van der Waals surface area contributed by atoms with Gasteiger partial charge >= 0.3 is 11.7 Å². The Labute approximate surface area is 154 Å². The summed E-state index contributed by atoms with van der Waals surface area (Å²) in [5, 5.41) is 5.91. The van der Waals surface area contributed by atoms with Gasteiger partial charge in [-0.15, -0.1) is 17.0 Å². The third-order valence-electron chi connectivity index (χ3n) is 3.55. The lowest BCUT2D eigenvalue weighted by molar-refractivity contribution is -0.117. The number of anilines is 1. The molecule has 0 aliphatic heterocycles. The molecular weight excluding hydrogens is 392 g/mol. The van der Waals surface area contributed by atoms with Crippen molar-refractivity contribution in [2.45, 2.75) is 25.8 Å². The monoisotopic (exact) mass is 412 g/mol. The summed E-state index contributed by atoms with van der Waals surface area (Å²) in [5.74, 6) is -0.358. The highest BCUT2D eigenvalue weighted by molar-refractivity contribution is 8.93. The molecule has 2 rings (SSSR count). The standard InChI is InChI=1S/C16H20N4O4.BrH/c1-9-7-14(21)24-13-8-10(4-5-11(9)13)20-15(22)12(17)3-2-6-19-16(18)23;/h4-5,7-8,12H,2-3,6,17H2,1H3,(H,20,22)(H3,18,19,23);1H. The van der Waals surface area contributed by atoms with Crippen molar-refractivity contribution >= 4 is 45.6 Å². The highest BCUT2D eigenvalue weighted by Crippen LogP contribution is 2.20. The summed E-state index contributed by atoms with van der Waals surface area (Å²) >= 11 is 0. The smallest absolute Gasteiger partial charge is 0.336 e. The van der Waals surface area contributed by atoms with Crippen molar-refractivity contribution in [2.75, 3.05) is 11.9 Å². The van der Waals surface area contributed by atoms with Crippen LogP contribution in [0.3, 0.4) is 0 Å². The van der Waals surface area contributed by atoms with Crippen molar-refractivity contribution in [1.82, 2.24) is 5.32 Å². The van der Waals surface area contributed by atoms with Crippen LogP contribution in [0.5, 0.6) is 0 Å². The number of aryl methyl sites for hydroxylation is 1. The molecule has 136 valence electrons. The van der Waals surface area contributed by atoms with Crippen molar-refractivity contribution in [1.29, 1.82) is 0 Å². The molecule has 0 radical (unpaired) electrons. The van der Waals surface area contributed by atoms with Gasteiger partial charge in [-0.1, -0.05) is 0 Å². The third-order valence-corrected chi connectivity index (χ3v) is 3.55. The molecule has 3 amide bonds. The first kappa shape index (κ1) is 20.7. The molecule has 6 N–H and O–H groups in total. The van der Waals surface area contributed by atoms with Crippen LogP contribution in [0.2, 0.25) is 0 Å². The van der Waals surface area contributed by atoms with E-state index in [-0.39, 0.29) is 22.9 Å². The van der Waals surface area contributed by atoms with Gasteiger partial charge in [0.05, 0.1) is 6.04 Å². The predicted octanol–water partition coefficient (Wildman–Crippen LogP) is 1.39. The minimum Gasteiger partial charge on any atom is -0.423 e. The number of hydrogen-bond donors (Lipinski definition) is 4. The second kappa shape index (κ2) is 9.19. The van der Waals surface area contributed by atoms with Crippen LogP contribution in [0.15, 0.2) is 33.5 Å². The van der Waals surface area contributed by atoms with Crippen LogP contribution in [0.25, 0.3) is 11.0 Å². The molecular formula is C16H21BrN4O4. The number of benzene rings is 1. The Morgan fingerprint density at radius 3 is 2.68 bits per heavy atom. The SMILES string of the molecule is Br.Cc1cc(=O)oc2cc(NC(=O)C(N)CCCNC(N)=O)ccc12. The first-order chi connectivity index (χ1) is 11.4. The minimum absolute atomic E-state index is 0. The topological polar surface area (TPSA) is 140 Å². The Morgan fingerprint density at radius 1 is 1.28 bits per heavy atom. The summed E-state index contributed by atoms with van der Waals surface area (Å²) in [4.78, 5) is 34.0. The number of amides is 3. The maximum Gasteiger partial charge on any atom is 0.336 e. The van der Waals surface area contributed by atoms with Crippen LogP contribution >= 0.6 is 17.0 Å². The quantitative estimate of drug-likeness (QED) is 0.419. The van der Waals surface area contributed by atoms with E-state index in [9.17, 15) is 14.4 Å². The van der Waals surface area contributed by atoms with E-state index >= 15 is 0 Å². The first-order valence-electron chi connectivity index (χ1n) is 7.51. The molecule has 0 fully saturated rings. The molecule has 0 saturated carbocycles. The average molecular weight is 413 g/mol. The molecule has 1 aromatic heterocycles. The van der Waals surface area contributed by atoms with Crippen LogP contribution in [0.1, 0.15) is 18.4 Å². The Kier molecular flexibility index (Phi) is 7.59. The van der Waals surface area contributed by atoms with Gasteiger partial charge in [-0.2, -0.15) is 0 Å². The zero-order valence-corrected chi connectivity index (χ0v) is 15.4. The van der Waals surface area contributed by atoms with E-state index in [1.165, 1.54) is 6.07 Å². The molecule has 0 aliphatic rings. The molecule has 1 unspecified atom stereocenters. The van der Waals surface area contributed by atoms with Gasteiger partial charge < -0.3 is 26.5 Å². The maximum atomic E-state index is 12.1. The summed E-state index contributed by atoms with van der Waals surface area (Å²) < 4.78 is 5.14. The van der Waals surface area contributed by atoms with E-state index < -0.39 is 17.7 Å². The summed E-state index contributed by atoms with van der Waals surface area (Å²) in [6.45, 7) is 2.17. The molecule has 0 aliphatic carbocycles. The molecule has 0 saturated heterocycles. The number of carbonyl (C=O) groups excluding carboxylic acids is 2. The summed E-state index contributed by atoms with van der Waals surface area (Å²) in [6.07, 6.45) is 0.928. The molecule has 1 aromatic carbocycles. The number of nitrogens with one attached hydrogen (secondary N) is 2. The average Bonchev–Trinajstić information content (AvgIpc) is 2.50. The summed E-state index contributed by atoms with van der Waals surface area (Å²) in [6, 6.07) is 5.15. The van der Waals surface area contributed by atoms with Crippen LogP contribution < -0.4 is 27.7 Å². The molecule has 8 nitrogen and oxygen atoms in total. The Bertz CT molecular complexity index is 821. The first-order valence-corrected chi connectivity index (χ1v) is 7.51. The number of fused-ring (bicyclic) bond motifs is 1. The fraction of sp³-hybridized carbons (Fsp3) is 0.312. The van der Waals surface area contributed by atoms with Gasteiger partial charge in [0, 0.05) is 29.8 Å². The molecule has 1 heterocycles. The van der Waals surface area contributed by atoms with Gasteiger partial charge in [0.15, 0.2) is 0 Å². The Morgan fingerprint density at radius 2 is 2.00 bits per heavy atom. The fourth-order valence-electron chi connectivity index (χ4n) is 2.30. The van der Waals surface area contributed by atoms with E-state index in [0.29, 0.717) is 30.7 Å². The van der Waals surface area contributed by atoms with Crippen LogP contribution in [0, 0.1) is 6.92 Å². The molecule has 0 spiro atoms. The fourth-order valence-corrected chi connectivity index (χ4v) is 2.30. The normalized spacial score (nSPS) is 11.4. The minimum atomic E-state index is -0.722. The van der Waals surface area contributed by atoms with Crippen molar-refractivity contribution < 1.29 is 14.0 Å². The number of rotatable bonds is 6.